The maximum Gasteiger partial charge on any atom is 0.170 e. The predicted octanol–water partition coefficient (Wildman–Crippen LogP) is 5.54. The average molecular weight is 672 g/mol. The molecule has 0 bridgehead atoms. The lowest BCUT2D eigenvalue weighted by Gasteiger charge is -2.60. The highest BCUT2D eigenvalue weighted by atomic mass is 16.7. The molecule has 0 aromatic rings. The van der Waals surface area contributed by atoms with Crippen LogP contribution in [-0.4, -0.2) is 106 Å². The van der Waals surface area contributed by atoms with Crippen molar-refractivity contribution in [1.82, 2.24) is 4.90 Å². The van der Waals surface area contributed by atoms with Gasteiger partial charge >= 0.3 is 0 Å². The molecule has 8 nitrogen and oxygen atoms in total. The van der Waals surface area contributed by atoms with Crippen LogP contribution >= 0.6 is 0 Å². The molecule has 5 aliphatic carbocycles. The highest BCUT2D eigenvalue weighted by Crippen LogP contribution is 2.89. The quantitative estimate of drug-likeness (QED) is 0.354. The largest absolute Gasteiger partial charge is 0.388 e. The van der Waals surface area contributed by atoms with Crippen LogP contribution in [0.1, 0.15) is 92.9 Å². The van der Waals surface area contributed by atoms with Gasteiger partial charge in [0.05, 0.1) is 62.4 Å². The van der Waals surface area contributed by atoms with Crippen molar-refractivity contribution in [2.24, 2.45) is 51.2 Å². The molecule has 8 aliphatic rings. The van der Waals surface area contributed by atoms with E-state index in [1.807, 2.05) is 21.0 Å². The van der Waals surface area contributed by atoms with Crippen LogP contribution in [0.3, 0.4) is 0 Å². The molecular formula is C40H65NO7. The van der Waals surface area contributed by atoms with E-state index in [-0.39, 0.29) is 47.6 Å². The van der Waals surface area contributed by atoms with Crippen molar-refractivity contribution >= 4 is 0 Å². The summed E-state index contributed by atoms with van der Waals surface area (Å²) < 4.78 is 38.1. The number of terminal acetylenes is 1. The zero-order chi connectivity index (χ0) is 34.4. The summed E-state index contributed by atoms with van der Waals surface area (Å²) in [7, 11) is 3.64. The second-order valence-electron chi connectivity index (χ2n) is 18.4. The number of hydrogen-bond acceptors (Lipinski definition) is 8. The highest BCUT2D eigenvalue weighted by Gasteiger charge is 2.85. The van der Waals surface area contributed by atoms with E-state index >= 15 is 0 Å². The number of fused-ring (bicyclic) bond motifs is 4. The van der Waals surface area contributed by atoms with Gasteiger partial charge in [0.1, 0.15) is 6.10 Å². The van der Waals surface area contributed by atoms with Crippen LogP contribution in [0, 0.1) is 64.1 Å². The molecule has 8 heteroatoms. The third-order valence-corrected chi connectivity index (χ3v) is 16.3. The first-order valence-electron chi connectivity index (χ1n) is 19.2. The monoisotopic (exact) mass is 671 g/mol. The molecule has 5 saturated carbocycles. The molecule has 0 amide bonds. The number of hydrogen-bond donors (Lipinski definition) is 1. The second kappa shape index (κ2) is 12.4. The third-order valence-electron chi connectivity index (χ3n) is 16.3. The molecule has 4 unspecified atom stereocenters. The summed E-state index contributed by atoms with van der Waals surface area (Å²) in [5.41, 5.74) is 0.189. The summed E-state index contributed by atoms with van der Waals surface area (Å²) in [4.78, 5) is 2.52. The first-order valence-corrected chi connectivity index (χ1v) is 19.2. The molecule has 3 saturated heterocycles. The van der Waals surface area contributed by atoms with Gasteiger partial charge in [-0.15, -0.1) is 12.8 Å². The van der Waals surface area contributed by atoms with Crippen LogP contribution in [0.15, 0.2) is 0 Å². The van der Waals surface area contributed by atoms with Crippen molar-refractivity contribution in [3.8, 4) is 12.8 Å². The minimum absolute atomic E-state index is 0.0683. The van der Waals surface area contributed by atoms with E-state index < -0.39 is 5.60 Å². The topological polar surface area (TPSA) is 78.9 Å². The lowest BCUT2D eigenvalue weighted by Crippen LogP contribution is -2.58. The summed E-state index contributed by atoms with van der Waals surface area (Å²) >= 11 is 0. The maximum atomic E-state index is 10.9. The zero-order valence-electron chi connectivity index (χ0n) is 31.1. The van der Waals surface area contributed by atoms with Crippen LogP contribution in [0.4, 0.5) is 0 Å². The Labute approximate surface area is 290 Å². The highest BCUT2D eigenvalue weighted by molar-refractivity contribution is 5.33. The minimum Gasteiger partial charge on any atom is -0.388 e. The van der Waals surface area contributed by atoms with E-state index in [4.69, 9.17) is 28.4 Å². The Balaban J connectivity index is 0.00000179. The zero-order valence-corrected chi connectivity index (χ0v) is 31.1. The molecule has 8 rings (SSSR count). The standard InChI is InChI=1S/C38H63NO7.C2H2/c1-22-37-16-15-36(6)25-9-11-26(33(42-8)35(4,5)40)45-31(25)32(41-7)30(36)24(37)10-12-27-34(2,3)28(13-14-38(22,27)37)46-29-19-39(17-18-44-29)23-20-43-21-23;1-2/h22-33,40H,9-21H2,1-8H3;1-2H/t22-,24-,25-,26+,27?,28-,29?,30?,31-,32+,33-,36+,37-,38?;/m0./s1. The molecule has 0 aromatic carbocycles. The van der Waals surface area contributed by atoms with Gasteiger partial charge in [-0.25, -0.2) is 0 Å². The lowest BCUT2D eigenvalue weighted by atomic mass is 9.46. The molecule has 1 N–H and O–H groups in total. The Kier molecular flexibility index (Phi) is 9.23. The molecular weight excluding hydrogens is 606 g/mol. The number of aliphatic hydroxyl groups is 1. The van der Waals surface area contributed by atoms with E-state index in [2.05, 4.69) is 45.4 Å². The Morgan fingerprint density at radius 3 is 2.31 bits per heavy atom. The van der Waals surface area contributed by atoms with Crippen LogP contribution < -0.4 is 0 Å². The number of ether oxygens (including phenoxy) is 6. The normalized spacial score (nSPS) is 50.2. The predicted molar refractivity (Wildman–Crippen MR) is 184 cm³/mol. The summed E-state index contributed by atoms with van der Waals surface area (Å²) in [6.45, 7) is 18.3. The van der Waals surface area contributed by atoms with Gasteiger partial charge in [-0.05, 0) is 116 Å². The number of methoxy groups -OCH3 is 2. The molecule has 14 atom stereocenters. The fourth-order valence-electron chi connectivity index (χ4n) is 14.3. The second-order valence-corrected chi connectivity index (χ2v) is 18.4. The van der Waals surface area contributed by atoms with Gasteiger partial charge in [0.15, 0.2) is 6.29 Å². The first-order chi connectivity index (χ1) is 22.8. The van der Waals surface area contributed by atoms with Crippen LogP contribution in [0.25, 0.3) is 0 Å². The van der Waals surface area contributed by atoms with Gasteiger partial charge in [-0.3, -0.25) is 4.90 Å². The van der Waals surface area contributed by atoms with Crippen molar-refractivity contribution < 1.29 is 33.5 Å². The number of rotatable bonds is 7. The fourth-order valence-corrected chi connectivity index (χ4v) is 14.3. The molecule has 0 aromatic heterocycles. The van der Waals surface area contributed by atoms with E-state index in [1.54, 1.807) is 7.11 Å². The summed E-state index contributed by atoms with van der Waals surface area (Å²) in [6.07, 6.45) is 17.5. The van der Waals surface area contributed by atoms with E-state index in [0.717, 1.165) is 58.1 Å². The third kappa shape index (κ3) is 4.84. The molecule has 8 fully saturated rings. The van der Waals surface area contributed by atoms with Gasteiger partial charge in [-0.1, -0.05) is 27.7 Å². The summed E-state index contributed by atoms with van der Waals surface area (Å²) in [5.74, 6) is 3.11. The number of morpholine rings is 1. The van der Waals surface area contributed by atoms with Crippen LogP contribution in [-0.2, 0) is 28.4 Å². The van der Waals surface area contributed by atoms with Crippen molar-refractivity contribution in [3.63, 3.8) is 0 Å². The van der Waals surface area contributed by atoms with Crippen LogP contribution in [0.2, 0.25) is 0 Å². The average Bonchev–Trinajstić information content (AvgIpc) is 3.44. The molecule has 2 spiro atoms. The van der Waals surface area contributed by atoms with E-state index in [9.17, 15) is 5.11 Å². The van der Waals surface area contributed by atoms with E-state index in [1.165, 1.54) is 32.1 Å². The lowest BCUT2D eigenvalue weighted by molar-refractivity contribution is -0.254. The molecule has 48 heavy (non-hydrogen) atoms. The maximum absolute atomic E-state index is 10.9. The Bertz CT molecular complexity index is 1200. The smallest absolute Gasteiger partial charge is 0.170 e. The van der Waals surface area contributed by atoms with E-state index in [0.29, 0.717) is 40.5 Å². The van der Waals surface area contributed by atoms with Gasteiger partial charge in [0, 0.05) is 20.8 Å². The number of nitrogens with zero attached hydrogens (tertiary/aromatic N) is 1. The van der Waals surface area contributed by atoms with Crippen molar-refractivity contribution in [2.45, 2.75) is 141 Å². The summed E-state index contributed by atoms with van der Waals surface area (Å²) in [5, 5.41) is 10.9. The molecule has 3 heterocycles. The van der Waals surface area contributed by atoms with Gasteiger partial charge in [0.2, 0.25) is 0 Å². The van der Waals surface area contributed by atoms with Gasteiger partial charge in [0.25, 0.3) is 0 Å². The van der Waals surface area contributed by atoms with Crippen molar-refractivity contribution in [3.05, 3.63) is 0 Å². The Hall–Kier alpha value is -0.760. The first kappa shape index (κ1) is 35.6. The Morgan fingerprint density at radius 2 is 1.67 bits per heavy atom. The SMILES string of the molecule is C#C.CO[C@@H]1C2[C@@H]3CCC4C(C)(C)[C@@H](OC5CN(C6COC6)CCO5)CCC45[C@@H](C)[C@@]35CC[C@]2(C)[C@H]2CC[C@H]([C@H](OC)C(C)(C)O)O[C@H]12. The van der Waals surface area contributed by atoms with Gasteiger partial charge < -0.3 is 33.5 Å². The van der Waals surface area contributed by atoms with Crippen molar-refractivity contribution in [2.75, 3.05) is 47.1 Å². The van der Waals surface area contributed by atoms with Crippen molar-refractivity contribution in [1.29, 1.82) is 0 Å². The van der Waals surface area contributed by atoms with Crippen LogP contribution in [0.5, 0.6) is 0 Å². The van der Waals surface area contributed by atoms with Gasteiger partial charge in [-0.2, -0.15) is 0 Å². The fraction of sp³-hybridized carbons (Fsp3) is 0.950. The molecule has 3 aliphatic heterocycles. The summed E-state index contributed by atoms with van der Waals surface area (Å²) in [6, 6.07) is 0.534. The molecule has 0 radical (unpaired) electrons. The Morgan fingerprint density at radius 1 is 0.938 bits per heavy atom. The molecule has 272 valence electrons. The minimum atomic E-state index is -0.953.